The summed E-state index contributed by atoms with van der Waals surface area (Å²) in [6, 6.07) is 17.8. The maximum atomic E-state index is 13.1. The first kappa shape index (κ1) is 21.2. The normalized spacial score (nSPS) is 11.2. The van der Waals surface area contributed by atoms with Crippen LogP contribution in [0.25, 0.3) is 11.5 Å². The van der Waals surface area contributed by atoms with E-state index in [1.165, 1.54) is 28.6 Å². The summed E-state index contributed by atoms with van der Waals surface area (Å²) in [5.74, 6) is -0.265. The lowest BCUT2D eigenvalue weighted by Crippen LogP contribution is -2.30. The predicted octanol–water partition coefficient (Wildman–Crippen LogP) is 3.60. The van der Waals surface area contributed by atoms with Crippen LogP contribution in [0.1, 0.15) is 17.3 Å². The first-order chi connectivity index (χ1) is 15.5. The van der Waals surface area contributed by atoms with Crippen LogP contribution >= 0.6 is 0 Å². The summed E-state index contributed by atoms with van der Waals surface area (Å²) in [7, 11) is -3.78. The summed E-state index contributed by atoms with van der Waals surface area (Å²) in [5, 5.41) is 10.2. The number of benzene rings is 2. The Morgan fingerprint density at radius 2 is 1.66 bits per heavy atom. The van der Waals surface area contributed by atoms with Crippen molar-refractivity contribution < 1.29 is 17.6 Å². The van der Waals surface area contributed by atoms with E-state index >= 15 is 0 Å². The molecule has 2 aromatic heterocycles. The monoisotopic (exact) mass is 449 g/mol. The molecule has 0 aliphatic rings. The summed E-state index contributed by atoms with van der Waals surface area (Å²) in [6.07, 6.45) is 3.18. The number of rotatable bonds is 7. The highest BCUT2D eigenvalue weighted by Crippen LogP contribution is 2.24. The molecule has 0 aliphatic heterocycles. The van der Waals surface area contributed by atoms with Crippen LogP contribution in [0.4, 0.5) is 11.7 Å². The highest BCUT2D eigenvalue weighted by molar-refractivity contribution is 7.92. The van der Waals surface area contributed by atoms with Crippen molar-refractivity contribution in [2.24, 2.45) is 0 Å². The van der Waals surface area contributed by atoms with Gasteiger partial charge in [-0.25, -0.2) is 8.42 Å². The van der Waals surface area contributed by atoms with Gasteiger partial charge in [0.1, 0.15) is 0 Å². The van der Waals surface area contributed by atoms with Gasteiger partial charge in [0.15, 0.2) is 0 Å². The number of hydrogen-bond donors (Lipinski definition) is 1. The first-order valence-electron chi connectivity index (χ1n) is 9.72. The van der Waals surface area contributed by atoms with Gasteiger partial charge < -0.3 is 4.42 Å². The molecule has 0 bridgehead atoms. The Morgan fingerprint density at radius 1 is 0.969 bits per heavy atom. The minimum absolute atomic E-state index is 0.0697. The van der Waals surface area contributed by atoms with Crippen molar-refractivity contribution in [2.75, 3.05) is 16.2 Å². The van der Waals surface area contributed by atoms with Crippen molar-refractivity contribution >= 4 is 27.6 Å². The van der Waals surface area contributed by atoms with Gasteiger partial charge >= 0.3 is 6.01 Å². The standard InChI is InChI=1S/C22H19N5O4S/c1-2-27(18-6-4-3-5-7-18)32(29,30)19-10-8-16(9-11-19)20(28)24-22-26-25-21(31-22)17-12-14-23-15-13-17/h3-15H,2H2,1H3,(H,24,26,28). The van der Waals surface area contributed by atoms with E-state index in [0.717, 1.165) is 0 Å². The SMILES string of the molecule is CCN(c1ccccc1)S(=O)(=O)c1ccc(C(=O)Nc2nnc(-c3ccncc3)o2)cc1. The first-order valence-corrected chi connectivity index (χ1v) is 11.2. The highest BCUT2D eigenvalue weighted by Gasteiger charge is 2.24. The lowest BCUT2D eigenvalue weighted by atomic mass is 10.2. The van der Waals surface area contributed by atoms with E-state index < -0.39 is 15.9 Å². The summed E-state index contributed by atoms with van der Waals surface area (Å²) in [6.45, 7) is 2.03. The Balaban J connectivity index is 1.50. The Morgan fingerprint density at radius 3 is 2.31 bits per heavy atom. The third-order valence-corrected chi connectivity index (χ3v) is 6.53. The van der Waals surface area contributed by atoms with E-state index in [1.54, 1.807) is 55.7 Å². The molecule has 2 aromatic carbocycles. The molecule has 0 radical (unpaired) electrons. The van der Waals surface area contributed by atoms with Crippen LogP contribution in [-0.2, 0) is 10.0 Å². The van der Waals surface area contributed by atoms with Crippen LogP contribution in [0.2, 0.25) is 0 Å². The van der Waals surface area contributed by atoms with Gasteiger partial charge in [-0.2, -0.15) is 0 Å². The van der Waals surface area contributed by atoms with E-state index in [9.17, 15) is 13.2 Å². The van der Waals surface area contributed by atoms with Gasteiger partial charge in [0, 0.05) is 30.1 Å². The molecular weight excluding hydrogens is 430 g/mol. The number of amides is 1. The topological polar surface area (TPSA) is 118 Å². The number of nitrogens with zero attached hydrogens (tertiary/aromatic N) is 4. The molecule has 2 heterocycles. The van der Waals surface area contributed by atoms with Crippen LogP contribution in [-0.4, -0.2) is 36.1 Å². The molecule has 9 nitrogen and oxygen atoms in total. The van der Waals surface area contributed by atoms with E-state index in [4.69, 9.17) is 4.42 Å². The molecular formula is C22H19N5O4S. The molecule has 0 unspecified atom stereocenters. The fourth-order valence-electron chi connectivity index (χ4n) is 3.05. The second-order valence-corrected chi connectivity index (χ2v) is 8.49. The quantitative estimate of drug-likeness (QED) is 0.458. The van der Waals surface area contributed by atoms with Crippen molar-refractivity contribution in [1.29, 1.82) is 0 Å². The van der Waals surface area contributed by atoms with Crippen molar-refractivity contribution in [3.05, 3.63) is 84.7 Å². The molecule has 162 valence electrons. The molecule has 0 saturated heterocycles. The van der Waals surface area contributed by atoms with E-state index in [2.05, 4.69) is 20.5 Å². The summed E-state index contributed by atoms with van der Waals surface area (Å²) in [5.41, 5.74) is 1.48. The third kappa shape index (κ3) is 4.35. The van der Waals surface area contributed by atoms with Gasteiger partial charge in [-0.3, -0.25) is 19.4 Å². The Bertz CT molecular complexity index is 1310. The van der Waals surface area contributed by atoms with E-state index in [0.29, 0.717) is 11.3 Å². The Hall–Kier alpha value is -4.05. The second kappa shape index (κ2) is 8.98. The van der Waals surface area contributed by atoms with Crippen LogP contribution in [0, 0.1) is 0 Å². The van der Waals surface area contributed by atoms with Crippen molar-refractivity contribution in [1.82, 2.24) is 15.2 Å². The number of para-hydroxylation sites is 1. The molecule has 0 aliphatic carbocycles. The van der Waals surface area contributed by atoms with Crippen LogP contribution < -0.4 is 9.62 Å². The van der Waals surface area contributed by atoms with Gasteiger partial charge in [-0.1, -0.05) is 23.3 Å². The molecule has 0 fully saturated rings. The number of sulfonamides is 1. The van der Waals surface area contributed by atoms with Crippen molar-refractivity contribution in [3.8, 4) is 11.5 Å². The number of nitrogens with one attached hydrogen (secondary N) is 1. The lowest BCUT2D eigenvalue weighted by molar-refractivity contribution is 0.102. The fourth-order valence-corrected chi connectivity index (χ4v) is 4.52. The molecule has 0 spiro atoms. The summed E-state index contributed by atoms with van der Waals surface area (Å²) < 4.78 is 32.9. The number of anilines is 2. The van der Waals surface area contributed by atoms with Crippen molar-refractivity contribution in [2.45, 2.75) is 11.8 Å². The minimum Gasteiger partial charge on any atom is -0.403 e. The predicted molar refractivity (Wildman–Crippen MR) is 119 cm³/mol. The zero-order valence-corrected chi connectivity index (χ0v) is 17.9. The minimum atomic E-state index is -3.78. The third-order valence-electron chi connectivity index (χ3n) is 4.61. The number of pyridine rings is 1. The van der Waals surface area contributed by atoms with Crippen LogP contribution in [0.3, 0.4) is 0 Å². The number of carbonyl (C=O) groups is 1. The van der Waals surface area contributed by atoms with E-state index in [1.807, 2.05) is 6.07 Å². The maximum Gasteiger partial charge on any atom is 0.322 e. The molecule has 1 N–H and O–H groups in total. The number of carbonyl (C=O) groups excluding carboxylic acids is 1. The summed E-state index contributed by atoms with van der Waals surface area (Å²) >= 11 is 0. The highest BCUT2D eigenvalue weighted by atomic mass is 32.2. The average molecular weight is 449 g/mol. The molecule has 10 heteroatoms. The maximum absolute atomic E-state index is 13.1. The van der Waals surface area contributed by atoms with E-state index in [-0.39, 0.29) is 28.9 Å². The molecule has 0 atom stereocenters. The van der Waals surface area contributed by atoms with Gasteiger partial charge in [-0.15, -0.1) is 5.10 Å². The zero-order valence-electron chi connectivity index (χ0n) is 17.0. The molecule has 1 amide bonds. The van der Waals surface area contributed by atoms with Crippen LogP contribution in [0.5, 0.6) is 0 Å². The van der Waals surface area contributed by atoms with Crippen LogP contribution in [0.15, 0.2) is 88.4 Å². The van der Waals surface area contributed by atoms with Crippen molar-refractivity contribution in [3.63, 3.8) is 0 Å². The smallest absolute Gasteiger partial charge is 0.322 e. The Labute approximate surface area is 184 Å². The van der Waals surface area contributed by atoms with Gasteiger partial charge in [0.05, 0.1) is 10.6 Å². The van der Waals surface area contributed by atoms with Gasteiger partial charge in [-0.05, 0) is 55.5 Å². The number of hydrogen-bond acceptors (Lipinski definition) is 7. The Kier molecular flexibility index (Phi) is 5.95. The molecule has 4 aromatic rings. The average Bonchev–Trinajstić information content (AvgIpc) is 3.29. The van der Waals surface area contributed by atoms with Gasteiger partial charge in [0.25, 0.3) is 15.9 Å². The van der Waals surface area contributed by atoms with Gasteiger partial charge in [0.2, 0.25) is 5.89 Å². The molecule has 32 heavy (non-hydrogen) atoms. The largest absolute Gasteiger partial charge is 0.403 e. The second-order valence-electron chi connectivity index (χ2n) is 6.63. The molecule has 0 saturated carbocycles. The summed E-state index contributed by atoms with van der Waals surface area (Å²) in [4.78, 5) is 16.5. The molecule has 4 rings (SSSR count). The zero-order chi connectivity index (χ0) is 22.6. The number of aromatic nitrogens is 3. The fraction of sp³-hybridized carbons (Fsp3) is 0.0909. The lowest BCUT2D eigenvalue weighted by Gasteiger charge is -2.22.